The van der Waals surface area contributed by atoms with Gasteiger partial charge in [-0.3, -0.25) is 9.36 Å². The van der Waals surface area contributed by atoms with Gasteiger partial charge in [-0.15, -0.1) is 0 Å². The first-order valence-electron chi connectivity index (χ1n) is 6.16. The zero-order valence-electron chi connectivity index (χ0n) is 10.3. The molecule has 6 heteroatoms. The van der Waals surface area contributed by atoms with Crippen LogP contribution in [0.15, 0.2) is 18.2 Å². The van der Waals surface area contributed by atoms with Crippen molar-refractivity contribution in [2.75, 3.05) is 12.3 Å². The molecule has 3 rings (SSSR count). The van der Waals surface area contributed by atoms with Gasteiger partial charge in [0.1, 0.15) is 17.6 Å². The minimum Gasteiger partial charge on any atom is -0.369 e. The van der Waals surface area contributed by atoms with E-state index in [0.29, 0.717) is 17.6 Å². The minimum absolute atomic E-state index is 0.0420. The average molecular weight is 255 g/mol. The van der Waals surface area contributed by atoms with E-state index in [1.165, 1.54) is 0 Å². The summed E-state index contributed by atoms with van der Waals surface area (Å²) >= 11 is 0. The van der Waals surface area contributed by atoms with Gasteiger partial charge in [-0.2, -0.15) is 5.26 Å². The highest BCUT2D eigenvalue weighted by molar-refractivity contribution is 5.88. The van der Waals surface area contributed by atoms with Gasteiger partial charge in [0.15, 0.2) is 0 Å². The number of nitrogens with two attached hydrogens (primary N) is 1. The third-order valence-electron chi connectivity index (χ3n) is 3.44. The number of carbonyl (C=O) groups excluding carboxylic acids is 1. The van der Waals surface area contributed by atoms with E-state index in [0.717, 1.165) is 18.4 Å². The lowest BCUT2D eigenvalue weighted by Gasteiger charge is -2.24. The van der Waals surface area contributed by atoms with E-state index in [-0.39, 0.29) is 17.9 Å². The largest absolute Gasteiger partial charge is 0.369 e. The highest BCUT2D eigenvalue weighted by Crippen LogP contribution is 2.28. The number of imidazole rings is 1. The van der Waals surface area contributed by atoms with Gasteiger partial charge in [0.2, 0.25) is 11.9 Å². The van der Waals surface area contributed by atoms with E-state index in [4.69, 9.17) is 11.0 Å². The molecule has 19 heavy (non-hydrogen) atoms. The first-order chi connectivity index (χ1) is 9.22. The number of hydrogen-bond donors (Lipinski definition) is 2. The zero-order chi connectivity index (χ0) is 13.4. The molecule has 0 spiro atoms. The van der Waals surface area contributed by atoms with E-state index in [1.807, 2.05) is 6.07 Å². The van der Waals surface area contributed by atoms with Gasteiger partial charge in [-0.05, 0) is 25.0 Å². The fourth-order valence-electron chi connectivity index (χ4n) is 2.56. The Kier molecular flexibility index (Phi) is 2.60. The fraction of sp³-hybridized carbons (Fsp3) is 0.308. The molecule has 0 bridgehead atoms. The molecule has 0 saturated carbocycles. The van der Waals surface area contributed by atoms with Crippen LogP contribution in [-0.2, 0) is 4.79 Å². The van der Waals surface area contributed by atoms with E-state index >= 15 is 0 Å². The molecule has 1 aliphatic rings. The molecule has 1 saturated heterocycles. The van der Waals surface area contributed by atoms with Crippen LogP contribution in [0, 0.1) is 11.3 Å². The SMILES string of the molecule is N#Cc1cccc2c1nc(N)n2C1CCCNC1=O. The highest BCUT2D eigenvalue weighted by Gasteiger charge is 2.27. The van der Waals surface area contributed by atoms with Crippen LogP contribution in [0.25, 0.3) is 11.0 Å². The van der Waals surface area contributed by atoms with Crippen molar-refractivity contribution >= 4 is 22.9 Å². The molecular weight excluding hydrogens is 242 g/mol. The van der Waals surface area contributed by atoms with Crippen LogP contribution in [0.4, 0.5) is 5.95 Å². The number of aromatic nitrogens is 2. The normalized spacial score (nSPS) is 19.1. The summed E-state index contributed by atoms with van der Waals surface area (Å²) in [4.78, 5) is 16.2. The number of nitriles is 1. The Labute approximate surface area is 109 Å². The molecule has 1 aromatic heterocycles. The summed E-state index contributed by atoms with van der Waals surface area (Å²) in [7, 11) is 0. The van der Waals surface area contributed by atoms with Crippen LogP contribution in [0.1, 0.15) is 24.4 Å². The van der Waals surface area contributed by atoms with Crippen LogP contribution in [0.2, 0.25) is 0 Å². The second kappa shape index (κ2) is 4.28. The Morgan fingerprint density at radius 3 is 3.11 bits per heavy atom. The molecule has 1 amide bonds. The van der Waals surface area contributed by atoms with Crippen molar-refractivity contribution < 1.29 is 4.79 Å². The van der Waals surface area contributed by atoms with Crippen LogP contribution >= 0.6 is 0 Å². The third-order valence-corrected chi connectivity index (χ3v) is 3.44. The van der Waals surface area contributed by atoms with E-state index < -0.39 is 0 Å². The molecule has 1 unspecified atom stereocenters. The predicted octanol–water partition coefficient (Wildman–Crippen LogP) is 0.941. The second-order valence-electron chi connectivity index (χ2n) is 4.57. The predicted molar refractivity (Wildman–Crippen MR) is 70.1 cm³/mol. The number of nitrogens with zero attached hydrogens (tertiary/aromatic N) is 3. The third kappa shape index (κ3) is 1.71. The van der Waals surface area contributed by atoms with Crippen molar-refractivity contribution in [2.24, 2.45) is 0 Å². The number of rotatable bonds is 1. The summed E-state index contributed by atoms with van der Waals surface area (Å²) in [6.07, 6.45) is 1.64. The summed E-state index contributed by atoms with van der Waals surface area (Å²) in [6.45, 7) is 0.700. The number of piperidine rings is 1. The van der Waals surface area contributed by atoms with Crippen molar-refractivity contribution in [3.05, 3.63) is 23.8 Å². The zero-order valence-corrected chi connectivity index (χ0v) is 10.3. The fourth-order valence-corrected chi connectivity index (χ4v) is 2.56. The molecular formula is C13H13N5O. The van der Waals surface area contributed by atoms with Gasteiger partial charge in [0.05, 0.1) is 11.1 Å². The number of amides is 1. The Balaban J connectivity index is 2.21. The second-order valence-corrected chi connectivity index (χ2v) is 4.57. The maximum atomic E-state index is 12.0. The first-order valence-corrected chi connectivity index (χ1v) is 6.16. The van der Waals surface area contributed by atoms with Gasteiger partial charge >= 0.3 is 0 Å². The summed E-state index contributed by atoms with van der Waals surface area (Å²) < 4.78 is 1.73. The van der Waals surface area contributed by atoms with E-state index in [1.54, 1.807) is 16.7 Å². The van der Waals surface area contributed by atoms with Gasteiger partial charge < -0.3 is 11.1 Å². The van der Waals surface area contributed by atoms with Gasteiger partial charge in [-0.25, -0.2) is 4.98 Å². The first kappa shape index (κ1) is 11.5. The summed E-state index contributed by atoms with van der Waals surface area (Å²) in [5.41, 5.74) is 7.70. The van der Waals surface area contributed by atoms with Crippen LogP contribution in [0.5, 0.6) is 0 Å². The summed E-state index contributed by atoms with van der Waals surface area (Å²) in [5.74, 6) is 0.236. The number of hydrogen-bond acceptors (Lipinski definition) is 4. The number of benzene rings is 1. The van der Waals surface area contributed by atoms with Crippen molar-refractivity contribution in [2.45, 2.75) is 18.9 Å². The molecule has 96 valence electrons. The van der Waals surface area contributed by atoms with E-state index in [2.05, 4.69) is 16.4 Å². The smallest absolute Gasteiger partial charge is 0.243 e. The maximum Gasteiger partial charge on any atom is 0.243 e. The van der Waals surface area contributed by atoms with Crippen molar-refractivity contribution in [3.63, 3.8) is 0 Å². The summed E-state index contributed by atoms with van der Waals surface area (Å²) in [5, 5.41) is 11.9. The molecule has 1 atom stereocenters. The molecule has 0 aliphatic carbocycles. The van der Waals surface area contributed by atoms with Gasteiger partial charge in [-0.1, -0.05) is 6.07 Å². The van der Waals surface area contributed by atoms with Gasteiger partial charge in [0, 0.05) is 6.54 Å². The monoisotopic (exact) mass is 255 g/mol. The number of nitrogen functional groups attached to an aromatic ring is 1. The molecule has 3 N–H and O–H groups in total. The quantitative estimate of drug-likeness (QED) is 0.792. The Hall–Kier alpha value is -2.55. The molecule has 2 heterocycles. The Bertz CT molecular complexity index is 697. The van der Waals surface area contributed by atoms with Crippen LogP contribution in [0.3, 0.4) is 0 Å². The molecule has 6 nitrogen and oxygen atoms in total. The molecule has 1 aliphatic heterocycles. The Morgan fingerprint density at radius 1 is 1.53 bits per heavy atom. The molecule has 1 aromatic carbocycles. The highest BCUT2D eigenvalue weighted by atomic mass is 16.2. The molecule has 0 radical (unpaired) electrons. The van der Waals surface area contributed by atoms with Crippen LogP contribution in [-0.4, -0.2) is 22.0 Å². The minimum atomic E-state index is -0.340. The maximum absolute atomic E-state index is 12.0. The topological polar surface area (TPSA) is 96.7 Å². The number of anilines is 1. The van der Waals surface area contributed by atoms with Crippen molar-refractivity contribution in [3.8, 4) is 6.07 Å². The lowest BCUT2D eigenvalue weighted by Crippen LogP contribution is -2.38. The number of fused-ring (bicyclic) bond motifs is 1. The standard InChI is InChI=1S/C13H13N5O/c14-7-8-3-1-4-9-11(8)17-13(15)18(9)10-5-2-6-16-12(10)19/h1,3-4,10H,2,5-6H2,(H2,15,17)(H,16,19). The average Bonchev–Trinajstić information content (AvgIpc) is 2.75. The summed E-state index contributed by atoms with van der Waals surface area (Å²) in [6, 6.07) is 7.06. The lowest BCUT2D eigenvalue weighted by atomic mass is 10.1. The Morgan fingerprint density at radius 2 is 2.37 bits per heavy atom. The lowest BCUT2D eigenvalue weighted by molar-refractivity contribution is -0.125. The van der Waals surface area contributed by atoms with Crippen molar-refractivity contribution in [1.82, 2.24) is 14.9 Å². The number of nitrogens with one attached hydrogen (secondary N) is 1. The van der Waals surface area contributed by atoms with E-state index in [9.17, 15) is 4.79 Å². The number of carbonyl (C=O) groups is 1. The van der Waals surface area contributed by atoms with Crippen LogP contribution < -0.4 is 11.1 Å². The van der Waals surface area contributed by atoms with Crippen molar-refractivity contribution in [1.29, 1.82) is 5.26 Å². The molecule has 1 fully saturated rings. The van der Waals surface area contributed by atoms with Gasteiger partial charge in [0.25, 0.3) is 0 Å². The number of para-hydroxylation sites is 1. The molecule has 2 aromatic rings.